The van der Waals surface area contributed by atoms with Crippen molar-refractivity contribution in [1.82, 2.24) is 4.98 Å². The third kappa shape index (κ3) is 3.59. The Labute approximate surface area is 164 Å². The van der Waals surface area contributed by atoms with Gasteiger partial charge in [0.1, 0.15) is 0 Å². The van der Waals surface area contributed by atoms with Gasteiger partial charge in [-0.15, -0.1) is 0 Å². The predicted molar refractivity (Wildman–Crippen MR) is 103 cm³/mol. The van der Waals surface area contributed by atoms with Gasteiger partial charge in [0.25, 0.3) is 0 Å². The van der Waals surface area contributed by atoms with Gasteiger partial charge in [-0.05, 0) is 24.3 Å². The molecule has 3 rings (SSSR count). The minimum absolute atomic E-state index is 0.0889. The molecule has 0 saturated heterocycles. The largest absolute Gasteiger partial charge is 0.493 e. The molecule has 0 fully saturated rings. The maximum Gasteiger partial charge on any atom is 0.417 e. The lowest BCUT2D eigenvalue weighted by molar-refractivity contribution is -0.385. The number of ether oxygens (including phenoxy) is 4. The van der Waals surface area contributed by atoms with E-state index in [-0.39, 0.29) is 17.2 Å². The summed E-state index contributed by atoms with van der Waals surface area (Å²) in [6, 6.07) is 7.51. The fourth-order valence-corrected chi connectivity index (χ4v) is 2.93. The number of nitrogens with zero attached hydrogens (tertiary/aromatic N) is 1. The van der Waals surface area contributed by atoms with Crippen molar-refractivity contribution in [2.45, 2.75) is 0 Å². The van der Waals surface area contributed by atoms with Crippen LogP contribution in [0, 0.1) is 10.1 Å². The van der Waals surface area contributed by atoms with Crippen LogP contribution in [0.3, 0.4) is 0 Å². The molecule has 3 aromatic rings. The number of aromatic nitrogens is 1. The zero-order valence-electron chi connectivity index (χ0n) is 16.1. The van der Waals surface area contributed by atoms with E-state index in [0.717, 1.165) is 0 Å². The molecular weight excluding hydrogens is 384 g/mol. The second-order valence-electron chi connectivity index (χ2n) is 5.78. The number of nitro groups is 1. The van der Waals surface area contributed by atoms with Crippen LogP contribution in [0.4, 0.5) is 5.69 Å². The molecule has 1 N–H and O–H groups in total. The first-order valence-electron chi connectivity index (χ1n) is 8.29. The smallest absolute Gasteiger partial charge is 0.417 e. The van der Waals surface area contributed by atoms with Gasteiger partial charge >= 0.3 is 11.4 Å². The van der Waals surface area contributed by atoms with Crippen LogP contribution in [-0.4, -0.2) is 38.3 Å². The summed E-state index contributed by atoms with van der Waals surface area (Å²) < 4.78 is 26.3. The van der Waals surface area contributed by atoms with Crippen LogP contribution in [0.25, 0.3) is 22.6 Å². The Bertz CT molecular complexity index is 1090. The van der Waals surface area contributed by atoms with Crippen LogP contribution >= 0.6 is 0 Å². The van der Waals surface area contributed by atoms with E-state index < -0.39 is 10.7 Å². The average molecular weight is 402 g/mol. The van der Waals surface area contributed by atoms with Crippen LogP contribution in [0.5, 0.6) is 23.0 Å². The SMILES string of the molecule is COc1ccc(-c2oc(=O)[nH]c2-c2cc(OC)c(OC)c(OC)c2)cc1[N+](=O)[O-]. The number of nitrogens with one attached hydrogen (secondary N) is 1. The Hall–Kier alpha value is -3.95. The standard InChI is InChI=1S/C19H18N2O8/c1-25-13-6-5-10(7-12(13)21(23)24)17-16(20-19(22)29-17)11-8-14(26-2)18(28-4)15(9-11)27-3/h5-9H,1-4H3,(H,20,22). The number of H-pyrrole nitrogens is 1. The van der Waals surface area contributed by atoms with Gasteiger partial charge in [0, 0.05) is 17.2 Å². The zero-order chi connectivity index (χ0) is 21.1. The first kappa shape index (κ1) is 19.8. The fourth-order valence-electron chi connectivity index (χ4n) is 2.93. The van der Waals surface area contributed by atoms with Crippen LogP contribution in [0.1, 0.15) is 0 Å². The number of oxazole rings is 1. The lowest BCUT2D eigenvalue weighted by atomic mass is 10.0. The molecule has 0 saturated carbocycles. The van der Waals surface area contributed by atoms with Gasteiger partial charge in [0.15, 0.2) is 23.0 Å². The van der Waals surface area contributed by atoms with Crippen molar-refractivity contribution < 1.29 is 28.3 Å². The van der Waals surface area contributed by atoms with E-state index in [9.17, 15) is 14.9 Å². The second-order valence-corrected chi connectivity index (χ2v) is 5.78. The number of nitro benzene ring substituents is 1. The topological polar surface area (TPSA) is 126 Å². The van der Waals surface area contributed by atoms with E-state index in [1.54, 1.807) is 18.2 Å². The average Bonchev–Trinajstić information content (AvgIpc) is 3.13. The molecular formula is C19H18N2O8. The second kappa shape index (κ2) is 7.97. The van der Waals surface area contributed by atoms with Crippen LogP contribution < -0.4 is 24.7 Å². The van der Waals surface area contributed by atoms with Crippen LogP contribution in [0.2, 0.25) is 0 Å². The van der Waals surface area contributed by atoms with E-state index in [2.05, 4.69) is 4.98 Å². The number of aromatic amines is 1. The molecule has 1 heterocycles. The van der Waals surface area contributed by atoms with Crippen molar-refractivity contribution >= 4 is 5.69 Å². The molecule has 152 valence electrons. The zero-order valence-corrected chi connectivity index (χ0v) is 16.1. The van der Waals surface area contributed by atoms with E-state index in [0.29, 0.717) is 34.1 Å². The summed E-state index contributed by atoms with van der Waals surface area (Å²) in [5.74, 6) is 0.612. The van der Waals surface area contributed by atoms with Crippen LogP contribution in [-0.2, 0) is 0 Å². The molecule has 0 aliphatic heterocycles. The van der Waals surface area contributed by atoms with E-state index in [4.69, 9.17) is 23.4 Å². The van der Waals surface area contributed by atoms with Gasteiger partial charge in [0.2, 0.25) is 5.75 Å². The first-order valence-corrected chi connectivity index (χ1v) is 8.29. The molecule has 0 bridgehead atoms. The summed E-state index contributed by atoms with van der Waals surface area (Å²) >= 11 is 0. The maximum atomic E-state index is 12.0. The van der Waals surface area contributed by atoms with Gasteiger partial charge in [-0.2, -0.15) is 0 Å². The fraction of sp³-hybridized carbons (Fsp3) is 0.211. The minimum Gasteiger partial charge on any atom is -0.493 e. The van der Waals surface area contributed by atoms with Crippen molar-refractivity contribution in [3.05, 3.63) is 51.0 Å². The molecule has 10 nitrogen and oxygen atoms in total. The summed E-state index contributed by atoms with van der Waals surface area (Å²) in [5, 5.41) is 11.3. The van der Waals surface area contributed by atoms with Crippen molar-refractivity contribution in [3.8, 4) is 45.6 Å². The lowest BCUT2D eigenvalue weighted by Gasteiger charge is -2.14. The van der Waals surface area contributed by atoms with E-state index >= 15 is 0 Å². The molecule has 0 amide bonds. The number of methoxy groups -OCH3 is 4. The normalized spacial score (nSPS) is 10.5. The Balaban J connectivity index is 2.23. The van der Waals surface area contributed by atoms with E-state index in [1.807, 2.05) is 0 Å². The highest BCUT2D eigenvalue weighted by Gasteiger charge is 2.23. The highest BCUT2D eigenvalue weighted by atomic mass is 16.6. The molecule has 10 heteroatoms. The van der Waals surface area contributed by atoms with Crippen molar-refractivity contribution in [1.29, 1.82) is 0 Å². The molecule has 0 radical (unpaired) electrons. The lowest BCUT2D eigenvalue weighted by Crippen LogP contribution is -1.98. The third-order valence-corrected chi connectivity index (χ3v) is 4.24. The first-order chi connectivity index (χ1) is 13.9. The molecule has 0 aliphatic carbocycles. The maximum absolute atomic E-state index is 12.0. The van der Waals surface area contributed by atoms with Gasteiger partial charge in [-0.1, -0.05) is 0 Å². The molecule has 2 aromatic carbocycles. The Morgan fingerprint density at radius 1 is 0.897 bits per heavy atom. The molecule has 29 heavy (non-hydrogen) atoms. The number of hydrogen-bond donors (Lipinski definition) is 1. The molecule has 1 aromatic heterocycles. The summed E-state index contributed by atoms with van der Waals surface area (Å²) in [6.07, 6.45) is 0. The highest BCUT2D eigenvalue weighted by Crippen LogP contribution is 2.43. The summed E-state index contributed by atoms with van der Waals surface area (Å²) in [4.78, 5) is 25.3. The number of rotatable bonds is 7. The number of hydrogen-bond acceptors (Lipinski definition) is 8. The van der Waals surface area contributed by atoms with Crippen molar-refractivity contribution in [3.63, 3.8) is 0 Å². The summed E-state index contributed by atoms with van der Waals surface area (Å²) in [7, 11) is 5.74. The summed E-state index contributed by atoms with van der Waals surface area (Å²) in [5.41, 5.74) is 0.858. The summed E-state index contributed by atoms with van der Waals surface area (Å²) in [6.45, 7) is 0. The third-order valence-electron chi connectivity index (χ3n) is 4.24. The van der Waals surface area contributed by atoms with Gasteiger partial charge in [-0.25, -0.2) is 4.79 Å². The minimum atomic E-state index is -0.720. The highest BCUT2D eigenvalue weighted by molar-refractivity contribution is 5.80. The Morgan fingerprint density at radius 2 is 1.52 bits per heavy atom. The van der Waals surface area contributed by atoms with Gasteiger partial charge in [-0.3, -0.25) is 15.1 Å². The van der Waals surface area contributed by atoms with Crippen LogP contribution in [0.15, 0.2) is 39.5 Å². The molecule has 0 aliphatic rings. The Kier molecular flexibility index (Phi) is 5.44. The quantitative estimate of drug-likeness (QED) is 0.471. The van der Waals surface area contributed by atoms with Crippen molar-refractivity contribution in [2.75, 3.05) is 28.4 Å². The molecule has 0 spiro atoms. The molecule has 0 unspecified atom stereocenters. The van der Waals surface area contributed by atoms with Gasteiger partial charge < -0.3 is 23.4 Å². The monoisotopic (exact) mass is 402 g/mol. The van der Waals surface area contributed by atoms with Crippen molar-refractivity contribution in [2.24, 2.45) is 0 Å². The Morgan fingerprint density at radius 3 is 2.03 bits per heavy atom. The van der Waals surface area contributed by atoms with Gasteiger partial charge in [0.05, 0.1) is 39.1 Å². The number of benzene rings is 2. The predicted octanol–water partition coefficient (Wildman–Crippen LogP) is 3.24. The molecule has 0 atom stereocenters. The van der Waals surface area contributed by atoms with E-state index in [1.165, 1.54) is 40.6 Å².